The minimum Gasteiger partial charge on any atom is -0.508 e. The normalized spacial score (nSPS) is 17.4. The molecule has 0 spiro atoms. The number of aliphatic imine (C=N–C) groups is 1. The standard InChI is InChI=1S/C10H10N2O4S/c11-10-12-5-9(17(10,14)15)6-16-8-3-1-2-7(13)4-8/h1-5,13H,6H2,(H2,11,12). The lowest BCUT2D eigenvalue weighted by molar-refractivity contribution is 0.355. The van der Waals surface area contributed by atoms with E-state index in [4.69, 9.17) is 10.5 Å². The van der Waals surface area contributed by atoms with Gasteiger partial charge in [-0.05, 0) is 12.1 Å². The van der Waals surface area contributed by atoms with Crippen LogP contribution >= 0.6 is 0 Å². The van der Waals surface area contributed by atoms with Crippen LogP contribution in [0.4, 0.5) is 0 Å². The Morgan fingerprint density at radius 2 is 2.18 bits per heavy atom. The van der Waals surface area contributed by atoms with Gasteiger partial charge in [-0.15, -0.1) is 0 Å². The smallest absolute Gasteiger partial charge is 0.240 e. The number of sulfone groups is 1. The molecule has 90 valence electrons. The van der Waals surface area contributed by atoms with Gasteiger partial charge in [0.2, 0.25) is 15.0 Å². The first-order chi connectivity index (χ1) is 8.00. The summed E-state index contributed by atoms with van der Waals surface area (Å²) < 4.78 is 28.3. The van der Waals surface area contributed by atoms with Crippen molar-refractivity contribution in [2.24, 2.45) is 10.7 Å². The van der Waals surface area contributed by atoms with Crippen molar-refractivity contribution in [1.29, 1.82) is 0 Å². The molecule has 1 aliphatic rings. The summed E-state index contributed by atoms with van der Waals surface area (Å²) in [5.41, 5.74) is 5.21. The second-order valence-corrected chi connectivity index (χ2v) is 5.30. The highest BCUT2D eigenvalue weighted by Crippen LogP contribution is 2.20. The summed E-state index contributed by atoms with van der Waals surface area (Å²) in [6, 6.07) is 6.06. The van der Waals surface area contributed by atoms with Crippen molar-refractivity contribution >= 4 is 15.0 Å². The zero-order valence-corrected chi connectivity index (χ0v) is 9.52. The SMILES string of the molecule is NC1=NC=C(COc2cccc(O)c2)S1(=O)=O. The fourth-order valence-electron chi connectivity index (χ4n) is 1.25. The third-order valence-corrected chi connectivity index (χ3v) is 3.72. The predicted molar refractivity (Wildman–Crippen MR) is 62.2 cm³/mol. The summed E-state index contributed by atoms with van der Waals surface area (Å²) in [5, 5.41) is 8.77. The van der Waals surface area contributed by atoms with Gasteiger partial charge in [0.25, 0.3) is 0 Å². The third kappa shape index (κ3) is 2.23. The Morgan fingerprint density at radius 3 is 2.76 bits per heavy atom. The molecule has 0 bridgehead atoms. The molecule has 0 saturated carbocycles. The van der Waals surface area contributed by atoms with Gasteiger partial charge in [-0.3, -0.25) is 0 Å². The summed E-state index contributed by atoms with van der Waals surface area (Å²) in [6.07, 6.45) is 1.16. The number of ether oxygens (including phenoxy) is 1. The van der Waals surface area contributed by atoms with Gasteiger partial charge >= 0.3 is 0 Å². The minimum atomic E-state index is -3.64. The van der Waals surface area contributed by atoms with Crippen LogP contribution in [0.2, 0.25) is 0 Å². The van der Waals surface area contributed by atoms with Crippen LogP contribution in [0.25, 0.3) is 0 Å². The molecule has 7 heteroatoms. The van der Waals surface area contributed by atoms with Crippen LogP contribution in [-0.2, 0) is 9.84 Å². The first-order valence-corrected chi connectivity index (χ1v) is 6.18. The van der Waals surface area contributed by atoms with Crippen molar-refractivity contribution in [1.82, 2.24) is 0 Å². The molecule has 0 fully saturated rings. The molecule has 1 aliphatic heterocycles. The van der Waals surface area contributed by atoms with Gasteiger partial charge in [-0.25, -0.2) is 13.4 Å². The molecule has 6 nitrogen and oxygen atoms in total. The number of hydrogen-bond acceptors (Lipinski definition) is 6. The maximum Gasteiger partial charge on any atom is 0.240 e. The van der Waals surface area contributed by atoms with E-state index in [0.717, 1.165) is 6.20 Å². The van der Waals surface area contributed by atoms with E-state index in [-0.39, 0.29) is 17.3 Å². The maximum absolute atomic E-state index is 11.5. The van der Waals surface area contributed by atoms with Gasteiger partial charge in [0, 0.05) is 12.3 Å². The Morgan fingerprint density at radius 1 is 1.41 bits per heavy atom. The van der Waals surface area contributed by atoms with Crippen molar-refractivity contribution in [3.05, 3.63) is 35.4 Å². The molecule has 0 aromatic heterocycles. The number of nitrogens with two attached hydrogens (primary N) is 1. The first kappa shape index (κ1) is 11.5. The molecular formula is C10H10N2O4S. The molecular weight excluding hydrogens is 244 g/mol. The Bertz CT molecular complexity index is 604. The average Bonchev–Trinajstić information content (AvgIpc) is 2.52. The van der Waals surface area contributed by atoms with E-state index in [0.29, 0.717) is 5.75 Å². The zero-order valence-electron chi connectivity index (χ0n) is 8.70. The minimum absolute atomic E-state index is 0.00153. The zero-order chi connectivity index (χ0) is 12.5. The topological polar surface area (TPSA) is 102 Å². The fraction of sp³-hybridized carbons (Fsp3) is 0.100. The quantitative estimate of drug-likeness (QED) is 0.810. The predicted octanol–water partition coefficient (Wildman–Crippen LogP) is 0.356. The van der Waals surface area contributed by atoms with E-state index in [2.05, 4.69) is 4.99 Å². The number of phenols is 1. The lowest BCUT2D eigenvalue weighted by Gasteiger charge is -2.06. The van der Waals surface area contributed by atoms with Crippen LogP contribution in [0.3, 0.4) is 0 Å². The lowest BCUT2D eigenvalue weighted by atomic mass is 10.3. The summed E-state index contributed by atoms with van der Waals surface area (Å²) in [6.45, 7) is -0.171. The summed E-state index contributed by atoms with van der Waals surface area (Å²) in [4.78, 5) is 3.51. The summed E-state index contributed by atoms with van der Waals surface area (Å²) in [7, 11) is -3.64. The molecule has 0 aliphatic carbocycles. The van der Waals surface area contributed by atoms with Crippen molar-refractivity contribution in [2.45, 2.75) is 0 Å². The van der Waals surface area contributed by atoms with E-state index < -0.39 is 15.0 Å². The van der Waals surface area contributed by atoms with E-state index in [1.165, 1.54) is 12.1 Å². The average molecular weight is 254 g/mol. The molecule has 17 heavy (non-hydrogen) atoms. The second-order valence-electron chi connectivity index (χ2n) is 3.35. The molecule has 0 radical (unpaired) electrons. The first-order valence-electron chi connectivity index (χ1n) is 4.69. The molecule has 1 heterocycles. The number of hydrogen-bond donors (Lipinski definition) is 2. The van der Waals surface area contributed by atoms with Gasteiger partial charge < -0.3 is 15.6 Å². The second kappa shape index (κ2) is 4.10. The van der Waals surface area contributed by atoms with Gasteiger partial charge in [0.1, 0.15) is 23.0 Å². The van der Waals surface area contributed by atoms with Crippen molar-refractivity contribution in [3.8, 4) is 11.5 Å². The number of amidine groups is 1. The Labute approximate surface area is 98.0 Å². The van der Waals surface area contributed by atoms with Crippen LogP contribution in [0.1, 0.15) is 0 Å². The van der Waals surface area contributed by atoms with Crippen LogP contribution in [-0.4, -0.2) is 25.3 Å². The number of rotatable bonds is 3. The molecule has 0 atom stereocenters. The molecule has 0 amide bonds. The largest absolute Gasteiger partial charge is 0.508 e. The van der Waals surface area contributed by atoms with Crippen molar-refractivity contribution < 1.29 is 18.3 Å². The van der Waals surface area contributed by atoms with E-state index in [1.54, 1.807) is 12.1 Å². The molecule has 0 saturated heterocycles. The highest BCUT2D eigenvalue weighted by Gasteiger charge is 2.27. The van der Waals surface area contributed by atoms with Gasteiger partial charge in [-0.1, -0.05) is 6.07 Å². The molecule has 2 rings (SSSR count). The maximum atomic E-state index is 11.5. The van der Waals surface area contributed by atoms with Crippen LogP contribution < -0.4 is 10.5 Å². The van der Waals surface area contributed by atoms with E-state index in [9.17, 15) is 13.5 Å². The number of nitrogens with zero attached hydrogens (tertiary/aromatic N) is 1. The van der Waals surface area contributed by atoms with Crippen LogP contribution in [0, 0.1) is 0 Å². The highest BCUT2D eigenvalue weighted by atomic mass is 32.2. The molecule has 1 aromatic carbocycles. The van der Waals surface area contributed by atoms with E-state index >= 15 is 0 Å². The Kier molecular flexibility index (Phi) is 2.76. The molecule has 0 unspecified atom stereocenters. The molecule has 3 N–H and O–H groups in total. The summed E-state index contributed by atoms with van der Waals surface area (Å²) >= 11 is 0. The fourth-order valence-corrected chi connectivity index (χ4v) is 2.12. The van der Waals surface area contributed by atoms with Gasteiger partial charge in [0.05, 0.1) is 0 Å². The lowest BCUT2D eigenvalue weighted by Crippen LogP contribution is -2.23. The van der Waals surface area contributed by atoms with Gasteiger partial charge in [0.15, 0.2) is 0 Å². The van der Waals surface area contributed by atoms with E-state index in [1.807, 2.05) is 0 Å². The Hall–Kier alpha value is -2.02. The number of aromatic hydroxyl groups is 1. The van der Waals surface area contributed by atoms with Crippen molar-refractivity contribution in [3.63, 3.8) is 0 Å². The van der Waals surface area contributed by atoms with Gasteiger partial charge in [-0.2, -0.15) is 0 Å². The molecule has 1 aromatic rings. The highest BCUT2D eigenvalue weighted by molar-refractivity contribution is 8.09. The van der Waals surface area contributed by atoms with Crippen molar-refractivity contribution in [2.75, 3.05) is 6.61 Å². The van der Waals surface area contributed by atoms with Crippen LogP contribution in [0.15, 0.2) is 40.4 Å². The Balaban J connectivity index is 2.07. The number of phenolic OH excluding ortho intramolecular Hbond substituents is 1. The monoisotopic (exact) mass is 254 g/mol. The third-order valence-electron chi connectivity index (χ3n) is 2.15. The number of benzene rings is 1. The van der Waals surface area contributed by atoms with Crippen LogP contribution in [0.5, 0.6) is 11.5 Å². The summed E-state index contributed by atoms with van der Waals surface area (Å²) in [5.74, 6) is 0.410.